The first-order chi connectivity index (χ1) is 16.0. The summed E-state index contributed by atoms with van der Waals surface area (Å²) in [5.74, 6) is 0.694. The van der Waals surface area contributed by atoms with Gasteiger partial charge >= 0.3 is 0 Å². The molecule has 4 rings (SSSR count). The van der Waals surface area contributed by atoms with Gasteiger partial charge in [-0.2, -0.15) is 5.10 Å². The number of nitrogens with zero attached hydrogens (tertiary/aromatic N) is 4. The standard InChI is InChI=1S/C24H41N5O4/c1-27(9-8-25)12-20-22(18-4-6-24(7-5-18,16-31-2)17-32-3)21-13-28(10-11-29(21)26-20)23(30)19-14-33-15-19/h18-19H,4-17,25H2,1-3H3. The molecule has 0 aromatic carbocycles. The molecule has 1 aliphatic carbocycles. The van der Waals surface area contributed by atoms with Crippen LogP contribution in [0.3, 0.4) is 0 Å². The molecular formula is C24H41N5O4. The molecule has 1 saturated heterocycles. The predicted molar refractivity (Wildman–Crippen MR) is 125 cm³/mol. The number of likely N-dealkylation sites (N-methyl/N-ethyl adjacent to an activating group) is 1. The van der Waals surface area contributed by atoms with Crippen LogP contribution < -0.4 is 5.73 Å². The van der Waals surface area contributed by atoms with E-state index in [4.69, 9.17) is 25.0 Å². The lowest BCUT2D eigenvalue weighted by molar-refractivity contribution is -0.151. The molecule has 0 unspecified atom stereocenters. The predicted octanol–water partition coefficient (Wildman–Crippen LogP) is 1.20. The summed E-state index contributed by atoms with van der Waals surface area (Å²) in [6.45, 7) is 6.96. The number of aromatic nitrogens is 2. The average Bonchev–Trinajstić information content (AvgIpc) is 3.10. The Kier molecular flexibility index (Phi) is 8.07. The zero-order valence-electron chi connectivity index (χ0n) is 20.6. The van der Waals surface area contributed by atoms with Crippen molar-refractivity contribution in [2.24, 2.45) is 17.1 Å². The second-order valence-electron chi connectivity index (χ2n) is 10.2. The SMILES string of the molecule is COCC1(COC)CCC(c2c(CN(C)CCN)nn3c2CN(C(=O)C2COC2)CC3)CC1. The number of rotatable bonds is 10. The van der Waals surface area contributed by atoms with Crippen molar-refractivity contribution in [2.75, 3.05) is 67.3 Å². The van der Waals surface area contributed by atoms with E-state index in [2.05, 4.69) is 16.6 Å². The summed E-state index contributed by atoms with van der Waals surface area (Å²) in [4.78, 5) is 17.2. The maximum Gasteiger partial charge on any atom is 0.230 e. The van der Waals surface area contributed by atoms with Gasteiger partial charge in [0, 0.05) is 51.4 Å². The van der Waals surface area contributed by atoms with Gasteiger partial charge in [-0.25, -0.2) is 0 Å². The number of carbonyl (C=O) groups is 1. The first-order valence-electron chi connectivity index (χ1n) is 12.3. The fraction of sp³-hybridized carbons (Fsp3) is 0.833. The number of nitrogens with two attached hydrogens (primary N) is 1. The minimum atomic E-state index is 0.0245. The zero-order chi connectivity index (χ0) is 23.4. The Balaban J connectivity index is 1.57. The number of ether oxygens (including phenoxy) is 3. The van der Waals surface area contributed by atoms with E-state index in [1.165, 1.54) is 11.3 Å². The molecule has 9 nitrogen and oxygen atoms in total. The lowest BCUT2D eigenvalue weighted by atomic mass is 9.69. The maximum absolute atomic E-state index is 12.9. The molecule has 0 radical (unpaired) electrons. The summed E-state index contributed by atoms with van der Waals surface area (Å²) in [6.07, 6.45) is 4.32. The van der Waals surface area contributed by atoms with Gasteiger partial charge in [0.25, 0.3) is 0 Å². The Morgan fingerprint density at radius 2 is 1.91 bits per heavy atom. The monoisotopic (exact) mass is 463 g/mol. The first-order valence-corrected chi connectivity index (χ1v) is 12.3. The molecule has 2 N–H and O–H groups in total. The van der Waals surface area contributed by atoms with Gasteiger partial charge in [0.15, 0.2) is 0 Å². The van der Waals surface area contributed by atoms with Crippen LogP contribution in [0.15, 0.2) is 0 Å². The number of hydrogen-bond donors (Lipinski definition) is 1. The Hall–Kier alpha value is -1.52. The third kappa shape index (κ3) is 5.27. The summed E-state index contributed by atoms with van der Waals surface area (Å²) in [7, 11) is 5.66. The molecule has 0 spiro atoms. The van der Waals surface area contributed by atoms with Gasteiger partial charge in [0.2, 0.25) is 5.91 Å². The van der Waals surface area contributed by atoms with Crippen LogP contribution >= 0.6 is 0 Å². The molecular weight excluding hydrogens is 422 g/mol. The molecule has 0 bridgehead atoms. The summed E-state index contributed by atoms with van der Waals surface area (Å²) in [5, 5.41) is 5.05. The third-order valence-corrected chi connectivity index (χ3v) is 7.68. The number of amides is 1. The van der Waals surface area contributed by atoms with Crippen molar-refractivity contribution in [1.82, 2.24) is 19.6 Å². The fourth-order valence-electron chi connectivity index (χ4n) is 5.82. The highest BCUT2D eigenvalue weighted by atomic mass is 16.5. The van der Waals surface area contributed by atoms with Crippen LogP contribution in [0.5, 0.6) is 0 Å². The topological polar surface area (TPSA) is 95.1 Å². The van der Waals surface area contributed by atoms with Gasteiger partial charge in [-0.05, 0) is 38.6 Å². The zero-order valence-corrected chi connectivity index (χ0v) is 20.6. The van der Waals surface area contributed by atoms with E-state index in [0.29, 0.717) is 32.2 Å². The quantitative estimate of drug-likeness (QED) is 0.557. The van der Waals surface area contributed by atoms with Crippen molar-refractivity contribution in [2.45, 2.75) is 51.2 Å². The van der Waals surface area contributed by atoms with Gasteiger partial charge in [0.05, 0.1) is 56.8 Å². The first kappa shape index (κ1) is 24.6. The maximum atomic E-state index is 12.9. The molecule has 2 aliphatic heterocycles. The molecule has 3 aliphatic rings. The Morgan fingerprint density at radius 1 is 1.21 bits per heavy atom. The molecule has 0 atom stereocenters. The Bertz CT molecular complexity index is 793. The van der Waals surface area contributed by atoms with Gasteiger partial charge < -0.3 is 24.8 Å². The van der Waals surface area contributed by atoms with E-state index in [9.17, 15) is 4.79 Å². The van der Waals surface area contributed by atoms with Gasteiger partial charge in [0.1, 0.15) is 0 Å². The van der Waals surface area contributed by atoms with Gasteiger partial charge in [-0.1, -0.05) is 0 Å². The van der Waals surface area contributed by atoms with E-state index < -0.39 is 0 Å². The van der Waals surface area contributed by atoms with Crippen LogP contribution in [0.4, 0.5) is 0 Å². The van der Waals surface area contributed by atoms with Crippen molar-refractivity contribution in [1.29, 1.82) is 0 Å². The fourth-order valence-corrected chi connectivity index (χ4v) is 5.82. The van der Waals surface area contributed by atoms with Gasteiger partial charge in [-0.3, -0.25) is 14.4 Å². The van der Waals surface area contributed by atoms with Crippen molar-refractivity contribution >= 4 is 5.91 Å². The highest BCUT2D eigenvalue weighted by Gasteiger charge is 2.40. The Labute approximate surface area is 197 Å². The summed E-state index contributed by atoms with van der Waals surface area (Å²) < 4.78 is 18.6. The van der Waals surface area contributed by atoms with Crippen LogP contribution in [-0.4, -0.2) is 92.8 Å². The smallest absolute Gasteiger partial charge is 0.230 e. The Morgan fingerprint density at radius 3 is 2.48 bits per heavy atom. The molecule has 2 fully saturated rings. The minimum Gasteiger partial charge on any atom is -0.384 e. The van der Waals surface area contributed by atoms with E-state index in [1.54, 1.807) is 14.2 Å². The molecule has 1 saturated carbocycles. The molecule has 9 heteroatoms. The van der Waals surface area contributed by atoms with Crippen LogP contribution in [0.25, 0.3) is 0 Å². The lowest BCUT2D eigenvalue weighted by Gasteiger charge is -2.40. The summed E-state index contributed by atoms with van der Waals surface area (Å²) in [5.41, 5.74) is 9.64. The van der Waals surface area contributed by atoms with E-state index >= 15 is 0 Å². The largest absolute Gasteiger partial charge is 0.384 e. The molecule has 186 valence electrons. The van der Waals surface area contributed by atoms with Crippen molar-refractivity contribution in [3.8, 4) is 0 Å². The molecule has 1 aromatic heterocycles. The second kappa shape index (κ2) is 10.8. The minimum absolute atomic E-state index is 0.0245. The van der Waals surface area contributed by atoms with Crippen molar-refractivity contribution in [3.05, 3.63) is 17.0 Å². The van der Waals surface area contributed by atoms with Crippen molar-refractivity contribution in [3.63, 3.8) is 0 Å². The highest BCUT2D eigenvalue weighted by Crippen LogP contribution is 2.45. The summed E-state index contributed by atoms with van der Waals surface area (Å²) in [6, 6.07) is 0. The number of fused-ring (bicyclic) bond motifs is 1. The van der Waals surface area contributed by atoms with Crippen LogP contribution in [0.2, 0.25) is 0 Å². The molecule has 3 heterocycles. The number of methoxy groups -OCH3 is 2. The molecule has 1 amide bonds. The number of hydrogen-bond acceptors (Lipinski definition) is 7. The van der Waals surface area contributed by atoms with Crippen LogP contribution in [0, 0.1) is 11.3 Å². The second-order valence-corrected chi connectivity index (χ2v) is 10.2. The highest BCUT2D eigenvalue weighted by molar-refractivity contribution is 5.79. The normalized spacial score (nSPS) is 21.3. The molecule has 33 heavy (non-hydrogen) atoms. The summed E-state index contributed by atoms with van der Waals surface area (Å²) >= 11 is 0. The van der Waals surface area contributed by atoms with E-state index in [1.807, 2.05) is 4.90 Å². The van der Waals surface area contributed by atoms with E-state index in [-0.39, 0.29) is 17.2 Å². The van der Waals surface area contributed by atoms with Crippen LogP contribution in [-0.2, 0) is 38.6 Å². The van der Waals surface area contributed by atoms with Crippen molar-refractivity contribution < 1.29 is 19.0 Å². The number of carbonyl (C=O) groups excluding carboxylic acids is 1. The molecule has 1 aromatic rings. The lowest BCUT2D eigenvalue weighted by Crippen LogP contribution is -2.47. The van der Waals surface area contributed by atoms with Gasteiger partial charge in [-0.15, -0.1) is 0 Å². The van der Waals surface area contributed by atoms with E-state index in [0.717, 1.165) is 70.8 Å². The third-order valence-electron chi connectivity index (χ3n) is 7.68. The van der Waals surface area contributed by atoms with Crippen LogP contribution in [0.1, 0.15) is 48.6 Å². The average molecular weight is 464 g/mol.